The third-order valence-electron chi connectivity index (χ3n) is 3.79. The second-order valence-corrected chi connectivity index (χ2v) is 5.47. The Morgan fingerprint density at radius 3 is 3.00 bits per heavy atom. The maximum atomic E-state index is 5.70. The summed E-state index contributed by atoms with van der Waals surface area (Å²) >= 11 is 1.56. The van der Waals surface area contributed by atoms with Gasteiger partial charge in [-0.2, -0.15) is 4.37 Å². The second-order valence-electron chi connectivity index (χ2n) is 4.68. The second kappa shape index (κ2) is 3.67. The standard InChI is InChI=1S/C11H17N3S/c12-10-7-11(15-13-10)14-6-2-4-8-3-1-5-9(8)14/h7-9H,1-6H2,(H2,12,13). The molecule has 1 aromatic rings. The van der Waals surface area contributed by atoms with Crippen molar-refractivity contribution in [3.63, 3.8) is 0 Å². The van der Waals surface area contributed by atoms with Gasteiger partial charge in [-0.25, -0.2) is 0 Å². The lowest BCUT2D eigenvalue weighted by Gasteiger charge is -2.38. The Morgan fingerprint density at radius 1 is 1.33 bits per heavy atom. The zero-order chi connectivity index (χ0) is 10.3. The van der Waals surface area contributed by atoms with E-state index in [1.54, 1.807) is 11.5 Å². The number of rotatable bonds is 1. The van der Waals surface area contributed by atoms with Gasteiger partial charge in [0.05, 0.1) is 0 Å². The van der Waals surface area contributed by atoms with Gasteiger partial charge < -0.3 is 10.6 Å². The summed E-state index contributed by atoms with van der Waals surface area (Å²) in [5, 5.41) is 1.28. The van der Waals surface area contributed by atoms with Gasteiger partial charge in [0.25, 0.3) is 0 Å². The Bertz CT molecular complexity index is 349. The normalized spacial score (nSPS) is 30.5. The summed E-state index contributed by atoms with van der Waals surface area (Å²) in [5.41, 5.74) is 5.70. The lowest BCUT2D eigenvalue weighted by molar-refractivity contribution is 0.364. The van der Waals surface area contributed by atoms with Crippen molar-refractivity contribution in [1.29, 1.82) is 0 Å². The van der Waals surface area contributed by atoms with Crippen LogP contribution in [0.15, 0.2) is 6.07 Å². The van der Waals surface area contributed by atoms with E-state index in [2.05, 4.69) is 9.27 Å². The fourth-order valence-electron chi connectivity index (χ4n) is 3.14. The van der Waals surface area contributed by atoms with Crippen molar-refractivity contribution in [2.75, 3.05) is 17.2 Å². The molecule has 0 spiro atoms. The molecule has 0 amide bonds. The van der Waals surface area contributed by atoms with Crippen LogP contribution in [0.25, 0.3) is 0 Å². The van der Waals surface area contributed by atoms with Crippen molar-refractivity contribution in [2.24, 2.45) is 5.92 Å². The quantitative estimate of drug-likeness (QED) is 0.795. The van der Waals surface area contributed by atoms with Crippen LogP contribution < -0.4 is 10.6 Å². The molecule has 1 aliphatic carbocycles. The minimum atomic E-state index is 0.676. The minimum Gasteiger partial charge on any atom is -0.383 e. The van der Waals surface area contributed by atoms with Crippen LogP contribution in [-0.4, -0.2) is 17.0 Å². The Labute approximate surface area is 94.4 Å². The number of anilines is 2. The fraction of sp³-hybridized carbons (Fsp3) is 0.727. The van der Waals surface area contributed by atoms with Crippen LogP contribution in [0.3, 0.4) is 0 Å². The molecule has 1 aromatic heterocycles. The summed E-state index contributed by atoms with van der Waals surface area (Å²) < 4.78 is 4.18. The number of aromatic nitrogens is 1. The number of piperidine rings is 1. The van der Waals surface area contributed by atoms with Crippen LogP contribution in [0.5, 0.6) is 0 Å². The summed E-state index contributed by atoms with van der Waals surface area (Å²) in [6.07, 6.45) is 6.95. The first-order valence-corrected chi connectivity index (χ1v) is 6.61. The smallest absolute Gasteiger partial charge is 0.139 e. The molecule has 2 fully saturated rings. The summed E-state index contributed by atoms with van der Waals surface area (Å²) in [6, 6.07) is 2.81. The van der Waals surface area contributed by atoms with Gasteiger partial charge in [-0.05, 0) is 43.1 Å². The van der Waals surface area contributed by atoms with Crippen molar-refractivity contribution in [2.45, 2.75) is 38.1 Å². The van der Waals surface area contributed by atoms with Gasteiger partial charge in [0.1, 0.15) is 10.8 Å². The Morgan fingerprint density at radius 2 is 2.20 bits per heavy atom. The summed E-state index contributed by atoms with van der Waals surface area (Å²) in [7, 11) is 0. The van der Waals surface area contributed by atoms with Gasteiger partial charge in [0.2, 0.25) is 0 Å². The highest BCUT2D eigenvalue weighted by atomic mass is 32.1. The van der Waals surface area contributed by atoms with Crippen molar-refractivity contribution in [3.8, 4) is 0 Å². The van der Waals surface area contributed by atoms with E-state index >= 15 is 0 Å². The summed E-state index contributed by atoms with van der Waals surface area (Å²) in [6.45, 7) is 1.20. The van der Waals surface area contributed by atoms with Gasteiger partial charge in [-0.1, -0.05) is 6.42 Å². The van der Waals surface area contributed by atoms with Crippen LogP contribution >= 0.6 is 11.5 Å². The molecule has 2 atom stereocenters. The highest BCUT2D eigenvalue weighted by molar-refractivity contribution is 7.10. The zero-order valence-corrected chi connectivity index (χ0v) is 9.67. The molecule has 0 radical (unpaired) electrons. The third kappa shape index (κ3) is 1.61. The molecule has 3 rings (SSSR count). The van der Waals surface area contributed by atoms with E-state index < -0.39 is 0 Å². The first-order valence-electron chi connectivity index (χ1n) is 5.83. The van der Waals surface area contributed by atoms with Crippen molar-refractivity contribution in [3.05, 3.63) is 6.07 Å². The van der Waals surface area contributed by atoms with Crippen LogP contribution in [0, 0.1) is 5.92 Å². The maximum absolute atomic E-state index is 5.70. The number of nitrogens with two attached hydrogens (primary N) is 1. The molecule has 2 heterocycles. The Hall–Kier alpha value is -0.770. The van der Waals surface area contributed by atoms with E-state index in [0.717, 1.165) is 12.0 Å². The van der Waals surface area contributed by atoms with Crippen molar-refractivity contribution < 1.29 is 0 Å². The molecule has 4 heteroatoms. The Balaban J connectivity index is 1.85. The van der Waals surface area contributed by atoms with Crippen LogP contribution in [0.2, 0.25) is 0 Å². The van der Waals surface area contributed by atoms with E-state index in [1.807, 2.05) is 6.07 Å². The number of fused-ring (bicyclic) bond motifs is 1. The van der Waals surface area contributed by atoms with Crippen LogP contribution in [0.1, 0.15) is 32.1 Å². The monoisotopic (exact) mass is 223 g/mol. The SMILES string of the molecule is Nc1cc(N2CCCC3CCCC32)sn1. The Kier molecular flexibility index (Phi) is 2.31. The molecule has 0 aromatic carbocycles. The molecule has 1 saturated carbocycles. The predicted octanol–water partition coefficient (Wildman–Crippen LogP) is 2.49. The first kappa shape index (κ1) is 9.46. The third-order valence-corrected chi connectivity index (χ3v) is 4.63. The largest absolute Gasteiger partial charge is 0.383 e. The molecule has 1 saturated heterocycles. The molecule has 0 bridgehead atoms. The molecular formula is C11H17N3S. The van der Waals surface area contributed by atoms with E-state index in [0.29, 0.717) is 5.82 Å². The molecule has 2 N–H and O–H groups in total. The minimum absolute atomic E-state index is 0.676. The molecule has 2 aliphatic rings. The van der Waals surface area contributed by atoms with E-state index in [4.69, 9.17) is 5.73 Å². The summed E-state index contributed by atoms with van der Waals surface area (Å²) in [4.78, 5) is 2.55. The van der Waals surface area contributed by atoms with Gasteiger partial charge in [-0.3, -0.25) is 0 Å². The fourth-order valence-corrected chi connectivity index (χ4v) is 3.90. The molecule has 3 nitrogen and oxygen atoms in total. The average Bonchev–Trinajstić information content (AvgIpc) is 2.84. The molecule has 15 heavy (non-hydrogen) atoms. The van der Waals surface area contributed by atoms with Crippen molar-refractivity contribution >= 4 is 22.4 Å². The highest BCUT2D eigenvalue weighted by Gasteiger charge is 2.35. The molecule has 2 unspecified atom stereocenters. The van der Waals surface area contributed by atoms with E-state index in [9.17, 15) is 0 Å². The number of nitrogen functional groups attached to an aromatic ring is 1. The van der Waals surface area contributed by atoms with Crippen LogP contribution in [0.4, 0.5) is 10.8 Å². The van der Waals surface area contributed by atoms with Crippen molar-refractivity contribution in [1.82, 2.24) is 4.37 Å². The average molecular weight is 223 g/mol. The topological polar surface area (TPSA) is 42.1 Å². The first-order chi connectivity index (χ1) is 7.34. The van der Waals surface area contributed by atoms with Gasteiger partial charge in [-0.15, -0.1) is 0 Å². The highest BCUT2D eigenvalue weighted by Crippen LogP contribution is 2.40. The van der Waals surface area contributed by atoms with E-state index in [-0.39, 0.29) is 0 Å². The van der Waals surface area contributed by atoms with E-state index in [1.165, 1.54) is 43.6 Å². The van der Waals surface area contributed by atoms with Gasteiger partial charge in [0.15, 0.2) is 0 Å². The van der Waals surface area contributed by atoms with Gasteiger partial charge >= 0.3 is 0 Å². The lowest BCUT2D eigenvalue weighted by Crippen LogP contribution is -2.42. The molecular weight excluding hydrogens is 206 g/mol. The number of hydrogen-bond donors (Lipinski definition) is 1. The zero-order valence-electron chi connectivity index (χ0n) is 8.85. The molecule has 82 valence electrons. The lowest BCUT2D eigenvalue weighted by atomic mass is 9.92. The molecule has 1 aliphatic heterocycles. The van der Waals surface area contributed by atoms with Gasteiger partial charge in [0, 0.05) is 18.7 Å². The summed E-state index contributed by atoms with van der Waals surface area (Å²) in [5.74, 6) is 1.61. The number of hydrogen-bond acceptors (Lipinski definition) is 4. The maximum Gasteiger partial charge on any atom is 0.139 e. The number of nitrogens with zero attached hydrogens (tertiary/aromatic N) is 2. The predicted molar refractivity (Wildman–Crippen MR) is 64.2 cm³/mol. The van der Waals surface area contributed by atoms with Crippen LogP contribution in [-0.2, 0) is 0 Å².